The van der Waals surface area contributed by atoms with Gasteiger partial charge in [0.05, 0.1) is 24.2 Å². The summed E-state index contributed by atoms with van der Waals surface area (Å²) in [6.45, 7) is -0.0990. The number of rotatable bonds is 6. The van der Waals surface area contributed by atoms with Crippen LogP contribution in [0.15, 0.2) is 54.6 Å². The van der Waals surface area contributed by atoms with E-state index in [0.717, 1.165) is 16.6 Å². The maximum atomic E-state index is 12.5. The van der Waals surface area contributed by atoms with E-state index in [0.29, 0.717) is 12.2 Å². The number of aromatic amines is 1. The lowest BCUT2D eigenvalue weighted by molar-refractivity contribution is -0.122. The molecule has 140 valence electrons. The summed E-state index contributed by atoms with van der Waals surface area (Å²) in [5.41, 5.74) is 2.82. The van der Waals surface area contributed by atoms with Crippen LogP contribution < -0.4 is 5.32 Å². The highest BCUT2D eigenvalue weighted by molar-refractivity contribution is 5.82. The third kappa shape index (κ3) is 4.63. The molecule has 3 aromatic rings. The molecule has 2 amide bonds. The Morgan fingerprint density at radius 3 is 2.56 bits per heavy atom. The van der Waals surface area contributed by atoms with Gasteiger partial charge in [-0.2, -0.15) is 0 Å². The van der Waals surface area contributed by atoms with E-state index in [1.807, 2.05) is 54.6 Å². The Hall–Kier alpha value is -3.35. The van der Waals surface area contributed by atoms with Crippen molar-refractivity contribution in [3.63, 3.8) is 0 Å². The molecule has 0 radical (unpaired) electrons. The average molecular weight is 366 g/mol. The molecule has 1 atom stereocenters. The van der Waals surface area contributed by atoms with E-state index >= 15 is 0 Å². The van der Waals surface area contributed by atoms with E-state index in [2.05, 4.69) is 20.0 Å². The predicted molar refractivity (Wildman–Crippen MR) is 102 cm³/mol. The van der Waals surface area contributed by atoms with Crippen molar-refractivity contribution < 1.29 is 14.3 Å². The van der Waals surface area contributed by atoms with Crippen LogP contribution in [0.4, 0.5) is 4.79 Å². The monoisotopic (exact) mass is 366 g/mol. The van der Waals surface area contributed by atoms with Gasteiger partial charge in [0.15, 0.2) is 0 Å². The second-order valence-corrected chi connectivity index (χ2v) is 6.28. The Kier molecular flexibility index (Phi) is 5.71. The molecular weight excluding hydrogens is 344 g/mol. The van der Waals surface area contributed by atoms with Crippen LogP contribution in [-0.2, 0) is 16.0 Å². The Morgan fingerprint density at radius 1 is 1.15 bits per heavy atom. The van der Waals surface area contributed by atoms with E-state index in [4.69, 9.17) is 0 Å². The van der Waals surface area contributed by atoms with Gasteiger partial charge in [0, 0.05) is 7.05 Å². The number of carbonyl (C=O) groups is 2. The van der Waals surface area contributed by atoms with Gasteiger partial charge in [0.1, 0.15) is 12.4 Å². The summed E-state index contributed by atoms with van der Waals surface area (Å²) < 4.78 is 4.63. The molecule has 0 aliphatic rings. The lowest BCUT2D eigenvalue weighted by Gasteiger charge is -2.20. The molecule has 7 heteroatoms. The Labute approximate surface area is 157 Å². The van der Waals surface area contributed by atoms with Gasteiger partial charge in [-0.1, -0.05) is 42.5 Å². The van der Waals surface area contributed by atoms with Crippen LogP contribution in [0.2, 0.25) is 0 Å². The molecule has 0 aliphatic heterocycles. The summed E-state index contributed by atoms with van der Waals surface area (Å²) in [5, 5.41) is 2.97. The van der Waals surface area contributed by atoms with Crippen LogP contribution >= 0.6 is 0 Å². The van der Waals surface area contributed by atoms with Crippen molar-refractivity contribution in [3.8, 4) is 0 Å². The molecule has 27 heavy (non-hydrogen) atoms. The van der Waals surface area contributed by atoms with E-state index in [1.54, 1.807) is 0 Å². The number of imidazole rings is 1. The number of H-pyrrole nitrogens is 1. The summed E-state index contributed by atoms with van der Waals surface area (Å²) in [7, 11) is 2.79. The van der Waals surface area contributed by atoms with Crippen molar-refractivity contribution in [2.45, 2.75) is 12.5 Å². The number of hydrogen-bond acceptors (Lipinski definition) is 4. The quantitative estimate of drug-likeness (QED) is 0.702. The number of methoxy groups -OCH3 is 1. The lowest BCUT2D eigenvalue weighted by Crippen LogP contribution is -2.40. The molecule has 0 bridgehead atoms. The van der Waals surface area contributed by atoms with Crippen molar-refractivity contribution in [3.05, 3.63) is 66.0 Å². The van der Waals surface area contributed by atoms with Crippen LogP contribution in [0.3, 0.4) is 0 Å². The molecule has 0 fully saturated rings. The highest BCUT2D eigenvalue weighted by Crippen LogP contribution is 2.20. The van der Waals surface area contributed by atoms with Crippen LogP contribution in [0.1, 0.15) is 17.4 Å². The second kappa shape index (κ2) is 8.35. The minimum atomic E-state index is -0.562. The Bertz CT molecular complexity index is 890. The normalized spacial score (nSPS) is 11.8. The van der Waals surface area contributed by atoms with E-state index in [9.17, 15) is 9.59 Å². The maximum Gasteiger partial charge on any atom is 0.409 e. The highest BCUT2D eigenvalue weighted by Gasteiger charge is 2.21. The summed E-state index contributed by atoms with van der Waals surface area (Å²) in [5.74, 6) is 0.387. The topological polar surface area (TPSA) is 87.3 Å². The first-order valence-electron chi connectivity index (χ1n) is 8.64. The number of fused-ring (bicyclic) bond motifs is 1. The molecule has 7 nitrogen and oxygen atoms in total. The molecule has 2 aromatic carbocycles. The van der Waals surface area contributed by atoms with Crippen molar-refractivity contribution >= 4 is 23.0 Å². The molecule has 0 saturated heterocycles. The van der Waals surface area contributed by atoms with Crippen LogP contribution in [0.25, 0.3) is 11.0 Å². The fourth-order valence-electron chi connectivity index (χ4n) is 2.88. The zero-order valence-corrected chi connectivity index (χ0v) is 15.3. The number of hydrogen-bond donors (Lipinski definition) is 2. The van der Waals surface area contributed by atoms with Crippen molar-refractivity contribution in [2.75, 3.05) is 20.7 Å². The van der Waals surface area contributed by atoms with Gasteiger partial charge in [0.2, 0.25) is 5.91 Å². The smallest absolute Gasteiger partial charge is 0.409 e. The van der Waals surface area contributed by atoms with Gasteiger partial charge < -0.3 is 19.9 Å². The standard InChI is InChI=1S/C20H22N4O3/c1-24(20(26)27-2)13-18(25)21-17(12-14-8-4-3-5-9-14)19-22-15-10-6-7-11-16(15)23-19/h3-11,17H,12-13H2,1-2H3,(H,21,25)(H,22,23)/t17-/m0/s1. The van der Waals surface area contributed by atoms with E-state index < -0.39 is 6.09 Å². The average Bonchev–Trinajstić information content (AvgIpc) is 3.11. The second-order valence-electron chi connectivity index (χ2n) is 6.28. The molecule has 3 rings (SSSR count). The first-order chi connectivity index (χ1) is 13.1. The Balaban J connectivity index is 1.81. The molecule has 1 aromatic heterocycles. The van der Waals surface area contributed by atoms with E-state index in [1.165, 1.54) is 19.1 Å². The Morgan fingerprint density at radius 2 is 1.85 bits per heavy atom. The summed E-state index contributed by atoms with van der Waals surface area (Å²) in [6.07, 6.45) is 0.0161. The molecule has 0 saturated carbocycles. The summed E-state index contributed by atoms with van der Waals surface area (Å²) >= 11 is 0. The summed E-state index contributed by atoms with van der Waals surface area (Å²) in [6, 6.07) is 17.2. The van der Waals surface area contributed by atoms with Crippen LogP contribution in [0, 0.1) is 0 Å². The van der Waals surface area contributed by atoms with Gasteiger partial charge in [-0.05, 0) is 24.1 Å². The third-order valence-corrected chi connectivity index (χ3v) is 4.22. The largest absolute Gasteiger partial charge is 0.453 e. The number of benzene rings is 2. The molecule has 0 spiro atoms. The number of aromatic nitrogens is 2. The zero-order chi connectivity index (χ0) is 19.2. The number of ether oxygens (including phenoxy) is 1. The SMILES string of the molecule is COC(=O)N(C)CC(=O)N[C@@H](Cc1ccccc1)c1nc2ccccc2[nH]1. The van der Waals surface area contributed by atoms with Crippen molar-refractivity contribution in [1.29, 1.82) is 0 Å². The van der Waals surface area contributed by atoms with E-state index in [-0.39, 0.29) is 18.5 Å². The number of likely N-dealkylation sites (N-methyl/N-ethyl adjacent to an activating group) is 1. The predicted octanol–water partition coefficient (Wildman–Crippen LogP) is 2.66. The number of nitrogens with one attached hydrogen (secondary N) is 2. The van der Waals surface area contributed by atoms with Crippen molar-refractivity contribution in [2.24, 2.45) is 0 Å². The first kappa shape index (κ1) is 18.4. The molecule has 0 aliphatic carbocycles. The molecule has 0 unspecified atom stereocenters. The maximum absolute atomic E-state index is 12.5. The number of carbonyl (C=O) groups excluding carboxylic acids is 2. The summed E-state index contributed by atoms with van der Waals surface area (Å²) in [4.78, 5) is 33.1. The van der Waals surface area contributed by atoms with Gasteiger partial charge in [-0.15, -0.1) is 0 Å². The fourth-order valence-corrected chi connectivity index (χ4v) is 2.88. The first-order valence-corrected chi connectivity index (χ1v) is 8.64. The van der Waals surface area contributed by atoms with Crippen LogP contribution in [0.5, 0.6) is 0 Å². The number of nitrogens with zero attached hydrogens (tertiary/aromatic N) is 2. The van der Waals surface area contributed by atoms with Gasteiger partial charge >= 0.3 is 6.09 Å². The number of para-hydroxylation sites is 2. The lowest BCUT2D eigenvalue weighted by atomic mass is 10.1. The van der Waals surface area contributed by atoms with Gasteiger partial charge in [-0.25, -0.2) is 9.78 Å². The minimum Gasteiger partial charge on any atom is -0.453 e. The zero-order valence-electron chi connectivity index (χ0n) is 15.3. The van der Waals surface area contributed by atoms with Gasteiger partial charge in [0.25, 0.3) is 0 Å². The molecule has 1 heterocycles. The van der Waals surface area contributed by atoms with Crippen molar-refractivity contribution in [1.82, 2.24) is 20.2 Å². The van der Waals surface area contributed by atoms with Gasteiger partial charge in [-0.3, -0.25) is 4.79 Å². The number of amides is 2. The fraction of sp³-hybridized carbons (Fsp3) is 0.250. The minimum absolute atomic E-state index is 0.0990. The molecule has 2 N–H and O–H groups in total. The highest BCUT2D eigenvalue weighted by atomic mass is 16.5. The van der Waals surface area contributed by atoms with Crippen LogP contribution in [-0.4, -0.2) is 47.6 Å². The third-order valence-electron chi connectivity index (χ3n) is 4.22. The molecular formula is C20H22N4O3.